The number of anilines is 1. The molecule has 0 atom stereocenters. The standard InChI is InChI=1S/C18H19N3O7S/c1-12-3-8-16(9-13(12)2)29(26,27)19-10-18(23)28-11-17(22)20-14-4-6-15(7-5-14)21(24)25/h3-9,19H,10-11H2,1-2H3,(H,20,22). The molecule has 0 fully saturated rings. The summed E-state index contributed by atoms with van der Waals surface area (Å²) in [6, 6.07) is 9.65. The Morgan fingerprint density at radius 2 is 1.72 bits per heavy atom. The molecule has 0 heterocycles. The zero-order valence-electron chi connectivity index (χ0n) is 15.7. The minimum absolute atomic E-state index is 0.0179. The fourth-order valence-electron chi connectivity index (χ4n) is 2.18. The Kier molecular flexibility index (Phi) is 7.02. The van der Waals surface area contributed by atoms with Crippen LogP contribution in [0.25, 0.3) is 0 Å². The summed E-state index contributed by atoms with van der Waals surface area (Å²) in [7, 11) is -3.90. The molecule has 0 spiro atoms. The van der Waals surface area contributed by atoms with Gasteiger partial charge >= 0.3 is 5.97 Å². The number of carbonyl (C=O) groups excluding carboxylic acids is 2. The van der Waals surface area contributed by atoms with Crippen molar-refractivity contribution in [1.82, 2.24) is 4.72 Å². The largest absolute Gasteiger partial charge is 0.455 e. The smallest absolute Gasteiger partial charge is 0.321 e. The number of carbonyl (C=O) groups is 2. The average molecular weight is 421 g/mol. The summed E-state index contributed by atoms with van der Waals surface area (Å²) in [5, 5.41) is 13.0. The number of benzene rings is 2. The number of nitrogens with one attached hydrogen (secondary N) is 2. The van der Waals surface area contributed by atoms with Crippen LogP contribution in [0.4, 0.5) is 11.4 Å². The predicted octanol–water partition coefficient (Wildman–Crippen LogP) is 1.67. The first-order chi connectivity index (χ1) is 13.6. The van der Waals surface area contributed by atoms with Crippen molar-refractivity contribution in [2.75, 3.05) is 18.5 Å². The van der Waals surface area contributed by atoms with Gasteiger partial charge in [0.05, 0.1) is 9.82 Å². The topological polar surface area (TPSA) is 145 Å². The highest BCUT2D eigenvalue weighted by Crippen LogP contribution is 2.15. The van der Waals surface area contributed by atoms with Crippen molar-refractivity contribution in [3.05, 3.63) is 63.7 Å². The van der Waals surface area contributed by atoms with Crippen LogP contribution in [0.15, 0.2) is 47.4 Å². The predicted molar refractivity (Wildman–Crippen MR) is 104 cm³/mol. The maximum Gasteiger partial charge on any atom is 0.321 e. The van der Waals surface area contributed by atoms with E-state index in [1.807, 2.05) is 6.92 Å². The number of sulfonamides is 1. The molecule has 0 aliphatic carbocycles. The van der Waals surface area contributed by atoms with Crippen LogP contribution < -0.4 is 10.0 Å². The molecule has 154 valence electrons. The monoisotopic (exact) mass is 421 g/mol. The van der Waals surface area contributed by atoms with Gasteiger partial charge in [0, 0.05) is 17.8 Å². The number of non-ortho nitro benzene ring substituents is 1. The second kappa shape index (κ2) is 9.26. The van der Waals surface area contributed by atoms with Gasteiger partial charge in [-0.3, -0.25) is 19.7 Å². The molecular formula is C18H19N3O7S. The second-order valence-corrected chi connectivity index (χ2v) is 7.85. The van der Waals surface area contributed by atoms with Crippen LogP contribution >= 0.6 is 0 Å². The molecule has 11 heteroatoms. The van der Waals surface area contributed by atoms with Crippen molar-refractivity contribution < 1.29 is 27.7 Å². The lowest BCUT2D eigenvalue weighted by Gasteiger charge is -2.09. The van der Waals surface area contributed by atoms with Crippen molar-refractivity contribution in [3.8, 4) is 0 Å². The van der Waals surface area contributed by atoms with E-state index >= 15 is 0 Å². The van der Waals surface area contributed by atoms with E-state index < -0.39 is 40.0 Å². The molecule has 2 aromatic rings. The number of nitro benzene ring substituents is 1. The maximum absolute atomic E-state index is 12.2. The van der Waals surface area contributed by atoms with E-state index in [0.717, 1.165) is 11.1 Å². The van der Waals surface area contributed by atoms with Crippen LogP contribution in [0.1, 0.15) is 11.1 Å². The molecule has 0 aromatic heterocycles. The Labute approximate surface area is 167 Å². The summed E-state index contributed by atoms with van der Waals surface area (Å²) in [5.41, 5.74) is 1.87. The highest BCUT2D eigenvalue weighted by Gasteiger charge is 2.17. The highest BCUT2D eigenvalue weighted by atomic mass is 32.2. The van der Waals surface area contributed by atoms with Gasteiger partial charge in [0.2, 0.25) is 10.0 Å². The fourth-order valence-corrected chi connectivity index (χ4v) is 3.23. The first-order valence-electron chi connectivity index (χ1n) is 8.35. The quantitative estimate of drug-likeness (QED) is 0.375. The molecule has 0 aliphatic rings. The summed E-state index contributed by atoms with van der Waals surface area (Å²) < 4.78 is 31.3. The molecule has 2 aromatic carbocycles. The van der Waals surface area contributed by atoms with E-state index in [1.54, 1.807) is 13.0 Å². The lowest BCUT2D eigenvalue weighted by Crippen LogP contribution is -2.32. The van der Waals surface area contributed by atoms with E-state index in [2.05, 4.69) is 10.0 Å². The molecule has 0 radical (unpaired) electrons. The summed E-state index contributed by atoms with van der Waals surface area (Å²) in [5.74, 6) is -1.61. The zero-order chi connectivity index (χ0) is 21.6. The fraction of sp³-hybridized carbons (Fsp3) is 0.222. The van der Waals surface area contributed by atoms with Gasteiger partial charge in [0.1, 0.15) is 6.54 Å². The first kappa shape index (κ1) is 22.0. The Hall–Kier alpha value is -3.31. The number of hydrogen-bond acceptors (Lipinski definition) is 7. The number of hydrogen-bond donors (Lipinski definition) is 2. The third-order valence-corrected chi connectivity index (χ3v) is 5.32. The number of nitrogens with zero attached hydrogens (tertiary/aromatic N) is 1. The van der Waals surface area contributed by atoms with E-state index in [-0.39, 0.29) is 16.3 Å². The van der Waals surface area contributed by atoms with Crippen LogP contribution in [0.5, 0.6) is 0 Å². The van der Waals surface area contributed by atoms with Gasteiger partial charge in [-0.25, -0.2) is 8.42 Å². The summed E-state index contributed by atoms with van der Waals surface area (Å²) in [4.78, 5) is 33.5. The van der Waals surface area contributed by atoms with Gasteiger partial charge < -0.3 is 10.1 Å². The van der Waals surface area contributed by atoms with Crippen LogP contribution in [-0.4, -0.2) is 38.4 Å². The highest BCUT2D eigenvalue weighted by molar-refractivity contribution is 7.89. The van der Waals surface area contributed by atoms with Crippen molar-refractivity contribution >= 4 is 33.3 Å². The van der Waals surface area contributed by atoms with Crippen molar-refractivity contribution in [2.24, 2.45) is 0 Å². The zero-order valence-corrected chi connectivity index (χ0v) is 16.5. The number of amides is 1. The first-order valence-corrected chi connectivity index (χ1v) is 9.83. The summed E-state index contributed by atoms with van der Waals surface area (Å²) in [6.45, 7) is 2.34. The molecule has 1 amide bonds. The lowest BCUT2D eigenvalue weighted by atomic mass is 10.1. The minimum Gasteiger partial charge on any atom is -0.455 e. The summed E-state index contributed by atoms with van der Waals surface area (Å²) in [6.07, 6.45) is 0. The Morgan fingerprint density at radius 1 is 1.07 bits per heavy atom. The molecule has 0 unspecified atom stereocenters. The average Bonchev–Trinajstić information content (AvgIpc) is 2.67. The van der Waals surface area contributed by atoms with E-state index in [0.29, 0.717) is 0 Å². The Bertz CT molecular complexity index is 1030. The number of aryl methyl sites for hydroxylation is 2. The number of ether oxygens (including phenoxy) is 1. The Morgan fingerprint density at radius 3 is 2.31 bits per heavy atom. The van der Waals surface area contributed by atoms with Crippen molar-refractivity contribution in [3.63, 3.8) is 0 Å². The molecule has 29 heavy (non-hydrogen) atoms. The molecule has 10 nitrogen and oxygen atoms in total. The van der Waals surface area contributed by atoms with Crippen LogP contribution in [-0.2, 0) is 24.3 Å². The van der Waals surface area contributed by atoms with E-state index in [4.69, 9.17) is 4.74 Å². The van der Waals surface area contributed by atoms with Gasteiger partial charge in [-0.2, -0.15) is 4.72 Å². The number of nitro groups is 1. The van der Waals surface area contributed by atoms with E-state index in [9.17, 15) is 28.1 Å². The molecule has 0 saturated carbocycles. The van der Waals surface area contributed by atoms with Crippen molar-refractivity contribution in [2.45, 2.75) is 18.7 Å². The van der Waals surface area contributed by atoms with Gasteiger partial charge in [-0.15, -0.1) is 0 Å². The molecular weight excluding hydrogens is 402 g/mol. The van der Waals surface area contributed by atoms with Crippen LogP contribution in [0, 0.1) is 24.0 Å². The third-order valence-electron chi connectivity index (χ3n) is 3.92. The van der Waals surface area contributed by atoms with Crippen molar-refractivity contribution in [1.29, 1.82) is 0 Å². The number of rotatable bonds is 8. The van der Waals surface area contributed by atoms with Gasteiger partial charge in [-0.1, -0.05) is 6.07 Å². The molecule has 2 rings (SSSR count). The lowest BCUT2D eigenvalue weighted by molar-refractivity contribution is -0.384. The molecule has 0 saturated heterocycles. The Balaban J connectivity index is 1.82. The second-order valence-electron chi connectivity index (χ2n) is 6.08. The molecule has 0 aliphatic heterocycles. The number of esters is 1. The molecule has 0 bridgehead atoms. The normalized spacial score (nSPS) is 11.0. The SMILES string of the molecule is Cc1ccc(S(=O)(=O)NCC(=O)OCC(=O)Nc2ccc([N+](=O)[O-])cc2)cc1C. The maximum atomic E-state index is 12.2. The van der Waals surface area contributed by atoms with Crippen LogP contribution in [0.3, 0.4) is 0 Å². The van der Waals surface area contributed by atoms with Gasteiger partial charge in [0.25, 0.3) is 11.6 Å². The minimum atomic E-state index is -3.90. The van der Waals surface area contributed by atoms with E-state index in [1.165, 1.54) is 36.4 Å². The van der Waals surface area contributed by atoms with Gasteiger partial charge in [-0.05, 0) is 49.2 Å². The molecule has 2 N–H and O–H groups in total. The van der Waals surface area contributed by atoms with Gasteiger partial charge in [0.15, 0.2) is 6.61 Å². The van der Waals surface area contributed by atoms with Crippen LogP contribution in [0.2, 0.25) is 0 Å². The third kappa shape index (κ3) is 6.36. The summed E-state index contributed by atoms with van der Waals surface area (Å²) >= 11 is 0.